The molecule has 0 saturated carbocycles. The summed E-state index contributed by atoms with van der Waals surface area (Å²) in [5, 5.41) is 0.422. The Balaban J connectivity index is 2.26. The van der Waals surface area contributed by atoms with Crippen LogP contribution in [0.25, 0.3) is 0 Å². The summed E-state index contributed by atoms with van der Waals surface area (Å²) in [6, 6.07) is 5.13. The molecule has 0 aliphatic carbocycles. The first-order chi connectivity index (χ1) is 9.52. The fourth-order valence-electron chi connectivity index (χ4n) is 3.07. The molecule has 20 heavy (non-hydrogen) atoms. The molecule has 1 aromatic rings. The molecule has 1 aliphatic heterocycles. The lowest BCUT2D eigenvalue weighted by atomic mass is 10.0. The molecule has 2 unspecified atom stereocenters. The molecule has 1 aliphatic rings. The summed E-state index contributed by atoms with van der Waals surface area (Å²) in [4.78, 5) is 4.63. The second-order valence-electron chi connectivity index (χ2n) is 5.62. The van der Waals surface area contributed by atoms with Gasteiger partial charge in [0.2, 0.25) is 0 Å². The number of halogens is 2. The molecule has 0 aromatic heterocycles. The largest absolute Gasteiger partial charge is 0.329 e. The van der Waals surface area contributed by atoms with Crippen LogP contribution in [0.4, 0.5) is 4.39 Å². The topological polar surface area (TPSA) is 32.5 Å². The van der Waals surface area contributed by atoms with Crippen molar-refractivity contribution in [1.29, 1.82) is 0 Å². The van der Waals surface area contributed by atoms with Crippen LogP contribution < -0.4 is 5.73 Å². The Morgan fingerprint density at radius 2 is 2.20 bits per heavy atom. The van der Waals surface area contributed by atoms with Crippen LogP contribution in [0.2, 0.25) is 5.02 Å². The Hall–Kier alpha value is -0.680. The fourth-order valence-corrected chi connectivity index (χ4v) is 3.23. The summed E-state index contributed by atoms with van der Waals surface area (Å²) in [6.45, 7) is 5.58. The molecular formula is C15H23ClFN3. The van der Waals surface area contributed by atoms with Gasteiger partial charge in [-0.1, -0.05) is 17.7 Å². The third-order valence-corrected chi connectivity index (χ3v) is 4.28. The van der Waals surface area contributed by atoms with Gasteiger partial charge in [0, 0.05) is 36.3 Å². The van der Waals surface area contributed by atoms with Crippen molar-refractivity contribution in [3.63, 3.8) is 0 Å². The Kier molecular flexibility index (Phi) is 5.38. The highest BCUT2D eigenvalue weighted by atomic mass is 35.5. The summed E-state index contributed by atoms with van der Waals surface area (Å²) in [6.07, 6.45) is 1.08. The number of nitrogens with two attached hydrogens (primary N) is 1. The molecule has 1 heterocycles. The van der Waals surface area contributed by atoms with Crippen molar-refractivity contribution in [2.75, 3.05) is 33.2 Å². The monoisotopic (exact) mass is 299 g/mol. The molecule has 2 N–H and O–H groups in total. The van der Waals surface area contributed by atoms with E-state index in [4.69, 9.17) is 17.3 Å². The van der Waals surface area contributed by atoms with Gasteiger partial charge < -0.3 is 10.6 Å². The van der Waals surface area contributed by atoms with Gasteiger partial charge in [0.25, 0.3) is 0 Å². The quantitative estimate of drug-likeness (QED) is 0.931. The van der Waals surface area contributed by atoms with Crippen LogP contribution in [0, 0.1) is 5.82 Å². The predicted molar refractivity (Wildman–Crippen MR) is 81.5 cm³/mol. The van der Waals surface area contributed by atoms with Crippen LogP contribution in [-0.4, -0.2) is 49.1 Å². The Bertz CT molecular complexity index is 455. The summed E-state index contributed by atoms with van der Waals surface area (Å²) < 4.78 is 14.2. The minimum atomic E-state index is -0.266. The van der Waals surface area contributed by atoms with Gasteiger partial charge in [-0.3, -0.25) is 4.90 Å². The maximum Gasteiger partial charge on any atom is 0.129 e. The molecule has 1 aromatic carbocycles. The zero-order valence-electron chi connectivity index (χ0n) is 12.1. The zero-order valence-corrected chi connectivity index (χ0v) is 12.9. The number of rotatable bonds is 3. The van der Waals surface area contributed by atoms with Gasteiger partial charge in [0.1, 0.15) is 5.82 Å². The number of likely N-dealkylation sites (N-methyl/N-ethyl adjacent to an activating group) is 1. The van der Waals surface area contributed by atoms with Crippen molar-refractivity contribution < 1.29 is 4.39 Å². The fraction of sp³-hybridized carbons (Fsp3) is 0.600. The van der Waals surface area contributed by atoms with Gasteiger partial charge in [-0.05, 0) is 39.1 Å². The smallest absolute Gasteiger partial charge is 0.129 e. The van der Waals surface area contributed by atoms with Gasteiger partial charge in [-0.2, -0.15) is 0 Å². The first-order valence-corrected chi connectivity index (χ1v) is 7.50. The lowest BCUT2D eigenvalue weighted by Crippen LogP contribution is -2.43. The average molecular weight is 300 g/mol. The molecule has 0 spiro atoms. The molecule has 112 valence electrons. The lowest BCUT2D eigenvalue weighted by molar-refractivity contribution is 0.143. The summed E-state index contributed by atoms with van der Waals surface area (Å²) in [5.41, 5.74) is 6.58. The molecule has 5 heteroatoms. The number of nitrogens with zero attached hydrogens (tertiary/aromatic N) is 2. The second-order valence-corrected chi connectivity index (χ2v) is 6.06. The second kappa shape index (κ2) is 6.85. The van der Waals surface area contributed by atoms with E-state index in [9.17, 15) is 4.39 Å². The average Bonchev–Trinajstić information content (AvgIpc) is 2.54. The van der Waals surface area contributed by atoms with E-state index in [0.717, 1.165) is 26.1 Å². The zero-order chi connectivity index (χ0) is 14.7. The van der Waals surface area contributed by atoms with Gasteiger partial charge in [-0.15, -0.1) is 0 Å². The Labute approximate surface area is 125 Å². The minimum absolute atomic E-state index is 0.0891. The highest BCUT2D eigenvalue weighted by molar-refractivity contribution is 6.30. The van der Waals surface area contributed by atoms with E-state index in [1.807, 2.05) is 0 Å². The maximum absolute atomic E-state index is 14.2. The molecule has 0 radical (unpaired) electrons. The molecule has 2 atom stereocenters. The van der Waals surface area contributed by atoms with Crippen molar-refractivity contribution in [2.24, 2.45) is 5.73 Å². The Morgan fingerprint density at radius 3 is 2.85 bits per heavy atom. The third kappa shape index (κ3) is 3.50. The standard InChI is InChI=1S/C15H23ClFN3/c1-11-10-19(2)6-3-7-20(11)15(9-18)13-5-4-12(16)8-14(13)17/h4-5,8,11,15H,3,6-7,9-10,18H2,1-2H3. The molecule has 0 amide bonds. The number of hydrogen-bond acceptors (Lipinski definition) is 3. The predicted octanol–water partition coefficient (Wildman–Crippen LogP) is 2.50. The van der Waals surface area contributed by atoms with Crippen molar-refractivity contribution >= 4 is 11.6 Å². The van der Waals surface area contributed by atoms with Crippen molar-refractivity contribution in [3.05, 3.63) is 34.6 Å². The highest BCUT2D eigenvalue weighted by Crippen LogP contribution is 2.27. The van der Waals surface area contributed by atoms with E-state index >= 15 is 0 Å². The number of benzene rings is 1. The van der Waals surface area contributed by atoms with Crippen molar-refractivity contribution in [3.8, 4) is 0 Å². The van der Waals surface area contributed by atoms with E-state index in [0.29, 0.717) is 23.2 Å². The SMILES string of the molecule is CC1CN(C)CCCN1C(CN)c1ccc(Cl)cc1F. The normalized spacial score (nSPS) is 23.6. The maximum atomic E-state index is 14.2. The molecule has 1 saturated heterocycles. The van der Waals surface area contributed by atoms with E-state index in [2.05, 4.69) is 23.8 Å². The summed E-state index contributed by atoms with van der Waals surface area (Å²) in [5.74, 6) is -0.266. The lowest BCUT2D eigenvalue weighted by Gasteiger charge is -2.35. The first-order valence-electron chi connectivity index (χ1n) is 7.12. The van der Waals surface area contributed by atoms with Crippen LogP contribution in [0.5, 0.6) is 0 Å². The van der Waals surface area contributed by atoms with E-state index in [-0.39, 0.29) is 11.9 Å². The van der Waals surface area contributed by atoms with Crippen LogP contribution in [-0.2, 0) is 0 Å². The van der Waals surface area contributed by atoms with Crippen LogP contribution in [0.3, 0.4) is 0 Å². The van der Waals surface area contributed by atoms with Gasteiger partial charge in [0.05, 0.1) is 6.04 Å². The van der Waals surface area contributed by atoms with Crippen molar-refractivity contribution in [2.45, 2.75) is 25.4 Å². The highest BCUT2D eigenvalue weighted by Gasteiger charge is 2.28. The van der Waals surface area contributed by atoms with Crippen molar-refractivity contribution in [1.82, 2.24) is 9.80 Å². The van der Waals surface area contributed by atoms with Gasteiger partial charge in [-0.25, -0.2) is 4.39 Å². The summed E-state index contributed by atoms with van der Waals surface area (Å²) >= 11 is 5.83. The molecule has 3 nitrogen and oxygen atoms in total. The third-order valence-electron chi connectivity index (χ3n) is 4.04. The van der Waals surface area contributed by atoms with Crippen LogP contribution in [0.15, 0.2) is 18.2 Å². The van der Waals surface area contributed by atoms with Crippen LogP contribution in [0.1, 0.15) is 24.9 Å². The molecular weight excluding hydrogens is 277 g/mol. The molecule has 1 fully saturated rings. The molecule has 2 rings (SSSR count). The van der Waals surface area contributed by atoms with Crippen LogP contribution >= 0.6 is 11.6 Å². The van der Waals surface area contributed by atoms with Gasteiger partial charge in [0.15, 0.2) is 0 Å². The van der Waals surface area contributed by atoms with E-state index in [1.54, 1.807) is 12.1 Å². The number of hydrogen-bond donors (Lipinski definition) is 1. The minimum Gasteiger partial charge on any atom is -0.329 e. The van der Waals surface area contributed by atoms with E-state index < -0.39 is 0 Å². The van der Waals surface area contributed by atoms with Gasteiger partial charge >= 0.3 is 0 Å². The summed E-state index contributed by atoms with van der Waals surface area (Å²) in [7, 11) is 2.13. The Morgan fingerprint density at radius 1 is 1.45 bits per heavy atom. The molecule has 0 bridgehead atoms. The van der Waals surface area contributed by atoms with E-state index in [1.165, 1.54) is 6.07 Å². The first kappa shape index (κ1) is 15.7.